The molecule has 2 aromatic rings. The van der Waals surface area contributed by atoms with E-state index in [4.69, 9.17) is 27.6 Å². The van der Waals surface area contributed by atoms with E-state index in [9.17, 15) is 9.59 Å². The van der Waals surface area contributed by atoms with Crippen LogP contribution in [0.25, 0.3) is 11.0 Å². The van der Waals surface area contributed by atoms with Gasteiger partial charge in [0.1, 0.15) is 0 Å². The number of ether oxygens (including phenoxy) is 1. The monoisotopic (exact) mass is 298 g/mol. The molecule has 1 aliphatic heterocycles. The van der Waals surface area contributed by atoms with Gasteiger partial charge >= 0.3 is 11.9 Å². The summed E-state index contributed by atoms with van der Waals surface area (Å²) < 4.78 is 9.82. The van der Waals surface area contributed by atoms with Crippen molar-refractivity contribution in [3.8, 4) is 0 Å². The summed E-state index contributed by atoms with van der Waals surface area (Å²) in [6, 6.07) is 3.29. The van der Waals surface area contributed by atoms with Gasteiger partial charge in [-0.05, 0) is 17.7 Å². The van der Waals surface area contributed by atoms with E-state index in [1.165, 1.54) is 6.26 Å². The highest BCUT2D eigenvalue weighted by Gasteiger charge is 2.31. The second-order valence-electron chi connectivity index (χ2n) is 4.37. The van der Waals surface area contributed by atoms with Crippen LogP contribution in [0.3, 0.4) is 0 Å². The smallest absolute Gasteiger partial charge is 0.314 e. The minimum absolute atomic E-state index is 0.118. The summed E-state index contributed by atoms with van der Waals surface area (Å²) in [5.74, 6) is -1.38. The van der Waals surface area contributed by atoms with Crippen molar-refractivity contribution >= 4 is 46.1 Å². The molecule has 0 amide bonds. The van der Waals surface area contributed by atoms with Crippen molar-refractivity contribution in [1.82, 2.24) is 0 Å². The van der Waals surface area contributed by atoms with Gasteiger partial charge in [0.2, 0.25) is 0 Å². The van der Waals surface area contributed by atoms with Crippen molar-refractivity contribution in [2.45, 2.75) is 18.8 Å². The zero-order valence-electron chi connectivity index (χ0n) is 9.61. The second kappa shape index (κ2) is 4.54. The van der Waals surface area contributed by atoms with Gasteiger partial charge < -0.3 is 9.15 Å². The lowest BCUT2D eigenvalue weighted by atomic mass is 9.89. The SMILES string of the molecule is O=C1CC(c2c(Cl)cc(Cl)c3occc23)CC(=O)O1. The molecule has 0 bridgehead atoms. The molecule has 0 aliphatic carbocycles. The summed E-state index contributed by atoms with van der Waals surface area (Å²) in [5.41, 5.74) is 1.22. The average molecular weight is 299 g/mol. The molecule has 0 radical (unpaired) electrons. The third-order valence-corrected chi connectivity index (χ3v) is 3.74. The zero-order chi connectivity index (χ0) is 13.6. The Balaban J connectivity index is 2.16. The van der Waals surface area contributed by atoms with E-state index in [0.29, 0.717) is 21.2 Å². The molecule has 1 aromatic carbocycles. The van der Waals surface area contributed by atoms with E-state index in [0.717, 1.165) is 5.39 Å². The molecule has 1 aliphatic rings. The summed E-state index contributed by atoms with van der Waals surface area (Å²) in [6.07, 6.45) is 1.74. The highest BCUT2D eigenvalue weighted by molar-refractivity contribution is 6.38. The number of carbonyl (C=O) groups is 2. The molecule has 1 fully saturated rings. The Morgan fingerprint density at radius 3 is 2.47 bits per heavy atom. The molecule has 6 heteroatoms. The van der Waals surface area contributed by atoms with Crippen molar-refractivity contribution < 1.29 is 18.7 Å². The fraction of sp³-hybridized carbons (Fsp3) is 0.231. The van der Waals surface area contributed by atoms with Crippen LogP contribution in [0.4, 0.5) is 0 Å². The molecule has 2 heterocycles. The van der Waals surface area contributed by atoms with Crippen LogP contribution in [0.2, 0.25) is 10.0 Å². The molecule has 3 rings (SSSR count). The lowest BCUT2D eigenvalue weighted by molar-refractivity contribution is -0.163. The molecule has 4 nitrogen and oxygen atoms in total. The maximum absolute atomic E-state index is 11.4. The Labute approximate surface area is 118 Å². The Morgan fingerprint density at radius 1 is 1.11 bits per heavy atom. The normalized spacial score (nSPS) is 16.9. The summed E-state index contributed by atoms with van der Waals surface area (Å²) in [5, 5.41) is 1.55. The number of cyclic esters (lactones) is 2. The fourth-order valence-corrected chi connectivity index (χ4v) is 3.07. The molecule has 98 valence electrons. The summed E-state index contributed by atoms with van der Waals surface area (Å²) in [6.45, 7) is 0. The van der Waals surface area contributed by atoms with Gasteiger partial charge in [-0.1, -0.05) is 23.2 Å². The van der Waals surface area contributed by atoms with Crippen LogP contribution in [-0.4, -0.2) is 11.9 Å². The van der Waals surface area contributed by atoms with Gasteiger partial charge in [-0.25, -0.2) is 0 Å². The highest BCUT2D eigenvalue weighted by atomic mass is 35.5. The molecule has 0 unspecified atom stereocenters. The van der Waals surface area contributed by atoms with Gasteiger partial charge in [0.15, 0.2) is 5.58 Å². The van der Waals surface area contributed by atoms with Gasteiger partial charge in [-0.2, -0.15) is 0 Å². The number of esters is 2. The Morgan fingerprint density at radius 2 is 1.79 bits per heavy atom. The number of hydrogen-bond acceptors (Lipinski definition) is 4. The first-order chi connectivity index (χ1) is 9.06. The topological polar surface area (TPSA) is 56.5 Å². The first-order valence-corrected chi connectivity index (χ1v) is 6.40. The van der Waals surface area contributed by atoms with Crippen LogP contribution < -0.4 is 0 Å². The summed E-state index contributed by atoms with van der Waals surface area (Å²) >= 11 is 12.2. The van der Waals surface area contributed by atoms with Crippen molar-refractivity contribution in [1.29, 1.82) is 0 Å². The molecular weight excluding hydrogens is 291 g/mol. The highest BCUT2D eigenvalue weighted by Crippen LogP contribution is 2.41. The van der Waals surface area contributed by atoms with Crippen LogP contribution >= 0.6 is 23.2 Å². The minimum Gasteiger partial charge on any atom is -0.463 e. The van der Waals surface area contributed by atoms with Gasteiger partial charge in [-0.3, -0.25) is 9.59 Å². The Hall–Kier alpha value is -1.52. The Kier molecular flexibility index (Phi) is 2.99. The maximum Gasteiger partial charge on any atom is 0.314 e. The average Bonchev–Trinajstić information content (AvgIpc) is 2.76. The molecule has 0 N–H and O–H groups in total. The number of benzene rings is 1. The van der Waals surface area contributed by atoms with Crippen LogP contribution in [0.15, 0.2) is 22.8 Å². The number of halogens is 2. The standard InChI is InChI=1S/C13H8Cl2O4/c14-8-5-9(15)13-7(1-2-18-13)12(8)6-3-10(16)19-11(17)4-6/h1-2,5-6H,3-4H2. The van der Waals surface area contributed by atoms with Gasteiger partial charge in [0.25, 0.3) is 0 Å². The molecular formula is C13H8Cl2O4. The lowest BCUT2D eigenvalue weighted by Crippen LogP contribution is -2.24. The number of fused-ring (bicyclic) bond motifs is 1. The van der Waals surface area contributed by atoms with Crippen molar-refractivity contribution in [2.75, 3.05) is 0 Å². The minimum atomic E-state index is -0.538. The van der Waals surface area contributed by atoms with Crippen LogP contribution in [0.5, 0.6) is 0 Å². The van der Waals surface area contributed by atoms with Crippen LogP contribution in [0, 0.1) is 0 Å². The van der Waals surface area contributed by atoms with E-state index in [1.54, 1.807) is 12.1 Å². The number of furan rings is 1. The molecule has 19 heavy (non-hydrogen) atoms. The maximum atomic E-state index is 11.4. The second-order valence-corrected chi connectivity index (χ2v) is 5.18. The molecule has 0 spiro atoms. The quantitative estimate of drug-likeness (QED) is 0.595. The first kappa shape index (κ1) is 12.5. The van der Waals surface area contributed by atoms with Crippen molar-refractivity contribution in [3.05, 3.63) is 34.0 Å². The third kappa shape index (κ3) is 2.11. The molecule has 0 saturated carbocycles. The third-order valence-electron chi connectivity index (χ3n) is 3.15. The van der Waals surface area contributed by atoms with E-state index in [-0.39, 0.29) is 18.8 Å². The predicted octanol–water partition coefficient (Wildman–Crippen LogP) is 3.69. The Bertz CT molecular complexity index is 673. The van der Waals surface area contributed by atoms with Crippen molar-refractivity contribution in [3.63, 3.8) is 0 Å². The largest absolute Gasteiger partial charge is 0.463 e. The predicted molar refractivity (Wildman–Crippen MR) is 69.3 cm³/mol. The van der Waals surface area contributed by atoms with Gasteiger partial charge in [0.05, 0.1) is 24.1 Å². The first-order valence-electron chi connectivity index (χ1n) is 5.65. The number of rotatable bonds is 1. The summed E-state index contributed by atoms with van der Waals surface area (Å²) in [4.78, 5) is 22.7. The van der Waals surface area contributed by atoms with E-state index < -0.39 is 11.9 Å². The van der Waals surface area contributed by atoms with E-state index in [1.807, 2.05) is 0 Å². The van der Waals surface area contributed by atoms with E-state index >= 15 is 0 Å². The lowest BCUT2D eigenvalue weighted by Gasteiger charge is -2.21. The van der Waals surface area contributed by atoms with Gasteiger partial charge in [-0.15, -0.1) is 0 Å². The number of carbonyl (C=O) groups excluding carboxylic acids is 2. The van der Waals surface area contributed by atoms with Gasteiger partial charge in [0, 0.05) is 16.3 Å². The fourth-order valence-electron chi connectivity index (χ4n) is 2.39. The summed E-state index contributed by atoms with van der Waals surface area (Å²) in [7, 11) is 0. The molecule has 0 atom stereocenters. The van der Waals surface area contributed by atoms with E-state index in [2.05, 4.69) is 4.74 Å². The molecule has 1 aromatic heterocycles. The number of hydrogen-bond donors (Lipinski definition) is 0. The molecule has 1 saturated heterocycles. The zero-order valence-corrected chi connectivity index (χ0v) is 11.1. The van der Waals surface area contributed by atoms with Crippen LogP contribution in [0.1, 0.15) is 24.3 Å². The van der Waals surface area contributed by atoms with Crippen LogP contribution in [-0.2, 0) is 14.3 Å². The van der Waals surface area contributed by atoms with Crippen molar-refractivity contribution in [2.24, 2.45) is 0 Å².